The molecular formula is C9H10N4O2. The van der Waals surface area contributed by atoms with Crippen LogP contribution >= 0.6 is 0 Å². The largest absolute Gasteiger partial charge is 0.493 e. The van der Waals surface area contributed by atoms with Crippen molar-refractivity contribution < 1.29 is 5.11 Å². The second-order valence-electron chi connectivity index (χ2n) is 3.27. The second kappa shape index (κ2) is 3.23. The van der Waals surface area contributed by atoms with Gasteiger partial charge in [-0.05, 0) is 6.92 Å². The number of aromatic nitrogens is 4. The van der Waals surface area contributed by atoms with Crippen molar-refractivity contribution in [1.82, 2.24) is 19.7 Å². The number of aryl methyl sites for hydroxylation is 1. The molecule has 15 heavy (non-hydrogen) atoms. The SMILES string of the molecule is Cc1c(O)nc(-c2cnn(C)c2)[nH]c1=O. The zero-order chi connectivity index (χ0) is 11.0. The number of nitrogens with zero attached hydrogens (tertiary/aromatic N) is 3. The third-order valence-electron chi connectivity index (χ3n) is 2.10. The van der Waals surface area contributed by atoms with Crippen LogP contribution in [0.3, 0.4) is 0 Å². The predicted molar refractivity (Wildman–Crippen MR) is 53.5 cm³/mol. The maximum atomic E-state index is 11.4. The molecular weight excluding hydrogens is 196 g/mol. The summed E-state index contributed by atoms with van der Waals surface area (Å²) in [5, 5.41) is 13.3. The van der Waals surface area contributed by atoms with Crippen LogP contribution in [0.1, 0.15) is 5.56 Å². The molecule has 2 N–H and O–H groups in total. The summed E-state index contributed by atoms with van der Waals surface area (Å²) < 4.78 is 1.59. The Morgan fingerprint density at radius 2 is 2.27 bits per heavy atom. The van der Waals surface area contributed by atoms with Gasteiger partial charge in [0.1, 0.15) is 5.82 Å². The molecule has 0 aromatic carbocycles. The molecule has 0 aliphatic carbocycles. The lowest BCUT2D eigenvalue weighted by Gasteiger charge is -1.99. The fourth-order valence-electron chi connectivity index (χ4n) is 1.20. The first-order valence-electron chi connectivity index (χ1n) is 4.37. The number of H-pyrrole nitrogens is 1. The van der Waals surface area contributed by atoms with Crippen LogP contribution in [0.15, 0.2) is 17.2 Å². The summed E-state index contributed by atoms with van der Waals surface area (Å²) in [6, 6.07) is 0. The van der Waals surface area contributed by atoms with Gasteiger partial charge >= 0.3 is 0 Å². The summed E-state index contributed by atoms with van der Waals surface area (Å²) in [5.41, 5.74) is 0.522. The van der Waals surface area contributed by atoms with Crippen LogP contribution in [-0.2, 0) is 7.05 Å². The normalized spacial score (nSPS) is 10.5. The predicted octanol–water partition coefficient (Wildman–Crippen LogP) is 0.184. The molecule has 0 fully saturated rings. The maximum Gasteiger partial charge on any atom is 0.257 e. The van der Waals surface area contributed by atoms with Crippen LogP contribution in [0.4, 0.5) is 0 Å². The number of aromatic hydroxyl groups is 1. The van der Waals surface area contributed by atoms with Crippen LogP contribution in [0.2, 0.25) is 0 Å². The van der Waals surface area contributed by atoms with Crippen LogP contribution in [0, 0.1) is 6.92 Å². The topological polar surface area (TPSA) is 83.8 Å². The Morgan fingerprint density at radius 1 is 1.53 bits per heavy atom. The summed E-state index contributed by atoms with van der Waals surface area (Å²) in [7, 11) is 1.76. The first-order chi connectivity index (χ1) is 7.08. The highest BCUT2D eigenvalue weighted by molar-refractivity contribution is 5.52. The van der Waals surface area contributed by atoms with Crippen LogP contribution < -0.4 is 5.56 Å². The molecule has 0 amide bonds. The van der Waals surface area contributed by atoms with Crippen LogP contribution in [0.25, 0.3) is 11.4 Å². The van der Waals surface area contributed by atoms with E-state index in [1.807, 2.05) is 0 Å². The van der Waals surface area contributed by atoms with E-state index in [4.69, 9.17) is 0 Å². The highest BCUT2D eigenvalue weighted by Crippen LogP contribution is 2.15. The lowest BCUT2D eigenvalue weighted by atomic mass is 10.3. The van der Waals surface area contributed by atoms with Crippen molar-refractivity contribution in [2.75, 3.05) is 0 Å². The zero-order valence-corrected chi connectivity index (χ0v) is 8.35. The minimum absolute atomic E-state index is 0.211. The lowest BCUT2D eigenvalue weighted by molar-refractivity contribution is 0.447. The number of hydrogen-bond acceptors (Lipinski definition) is 4. The second-order valence-corrected chi connectivity index (χ2v) is 3.27. The van der Waals surface area contributed by atoms with Crippen molar-refractivity contribution >= 4 is 0 Å². The van der Waals surface area contributed by atoms with Gasteiger partial charge in [-0.15, -0.1) is 0 Å². The Hall–Kier alpha value is -2.11. The summed E-state index contributed by atoms with van der Waals surface area (Å²) >= 11 is 0. The number of nitrogens with one attached hydrogen (secondary N) is 1. The average molecular weight is 206 g/mol. The Balaban J connectivity index is 2.60. The van der Waals surface area contributed by atoms with Crippen molar-refractivity contribution in [3.8, 4) is 17.3 Å². The minimum Gasteiger partial charge on any atom is -0.493 e. The van der Waals surface area contributed by atoms with Gasteiger partial charge in [-0.2, -0.15) is 10.1 Å². The number of hydrogen-bond donors (Lipinski definition) is 2. The van der Waals surface area contributed by atoms with E-state index in [0.717, 1.165) is 0 Å². The molecule has 0 unspecified atom stereocenters. The molecule has 6 heteroatoms. The van der Waals surface area contributed by atoms with Gasteiger partial charge in [0.15, 0.2) is 0 Å². The van der Waals surface area contributed by atoms with Crippen molar-refractivity contribution in [2.24, 2.45) is 7.05 Å². The average Bonchev–Trinajstić information content (AvgIpc) is 2.60. The molecule has 6 nitrogen and oxygen atoms in total. The van der Waals surface area contributed by atoms with Crippen molar-refractivity contribution in [1.29, 1.82) is 0 Å². The first kappa shape index (κ1) is 9.45. The maximum absolute atomic E-state index is 11.4. The van der Waals surface area contributed by atoms with E-state index in [-0.39, 0.29) is 17.0 Å². The van der Waals surface area contributed by atoms with E-state index in [1.54, 1.807) is 24.1 Å². The summed E-state index contributed by atoms with van der Waals surface area (Å²) in [4.78, 5) is 17.8. The molecule has 0 aliphatic rings. The fraction of sp³-hybridized carbons (Fsp3) is 0.222. The molecule has 0 aliphatic heterocycles. The standard InChI is InChI=1S/C9H10N4O2/c1-5-8(14)11-7(12-9(5)15)6-3-10-13(2)4-6/h3-4H,1-2H3,(H2,11,12,14,15). The third-order valence-corrected chi connectivity index (χ3v) is 2.10. The molecule has 0 spiro atoms. The van der Waals surface area contributed by atoms with Gasteiger partial charge < -0.3 is 10.1 Å². The van der Waals surface area contributed by atoms with E-state index in [1.165, 1.54) is 6.92 Å². The number of rotatable bonds is 1. The summed E-state index contributed by atoms with van der Waals surface area (Å²) in [5.74, 6) is 0.0637. The highest BCUT2D eigenvalue weighted by Gasteiger charge is 2.08. The van der Waals surface area contributed by atoms with Gasteiger partial charge in [0.2, 0.25) is 5.88 Å². The van der Waals surface area contributed by atoms with Gasteiger partial charge in [0, 0.05) is 13.2 Å². The molecule has 0 atom stereocenters. The van der Waals surface area contributed by atoms with Crippen LogP contribution in [0.5, 0.6) is 5.88 Å². The molecule has 2 heterocycles. The summed E-state index contributed by atoms with van der Waals surface area (Å²) in [6.07, 6.45) is 3.26. The highest BCUT2D eigenvalue weighted by atomic mass is 16.3. The van der Waals surface area contributed by atoms with E-state index >= 15 is 0 Å². The molecule has 2 rings (SSSR count). The third kappa shape index (κ3) is 1.61. The van der Waals surface area contributed by atoms with Crippen molar-refractivity contribution in [2.45, 2.75) is 6.92 Å². The van der Waals surface area contributed by atoms with E-state index in [0.29, 0.717) is 11.4 Å². The quantitative estimate of drug-likeness (QED) is 0.697. The van der Waals surface area contributed by atoms with Gasteiger partial charge in [-0.3, -0.25) is 9.48 Å². The van der Waals surface area contributed by atoms with E-state index in [9.17, 15) is 9.90 Å². The lowest BCUT2D eigenvalue weighted by Crippen LogP contribution is -2.11. The zero-order valence-electron chi connectivity index (χ0n) is 8.35. The fourth-order valence-corrected chi connectivity index (χ4v) is 1.20. The Kier molecular flexibility index (Phi) is 2.03. The molecule has 0 bridgehead atoms. The van der Waals surface area contributed by atoms with Crippen molar-refractivity contribution in [3.05, 3.63) is 28.3 Å². The summed E-state index contributed by atoms with van der Waals surface area (Å²) in [6.45, 7) is 1.51. The van der Waals surface area contributed by atoms with Crippen LogP contribution in [-0.4, -0.2) is 24.9 Å². The van der Waals surface area contributed by atoms with E-state index in [2.05, 4.69) is 15.1 Å². The van der Waals surface area contributed by atoms with Gasteiger partial charge in [0.25, 0.3) is 5.56 Å². The Bertz CT molecular complexity index is 555. The smallest absolute Gasteiger partial charge is 0.257 e. The Morgan fingerprint density at radius 3 is 2.80 bits per heavy atom. The van der Waals surface area contributed by atoms with Crippen molar-refractivity contribution in [3.63, 3.8) is 0 Å². The minimum atomic E-state index is -0.346. The number of aromatic amines is 1. The monoisotopic (exact) mass is 206 g/mol. The molecule has 0 radical (unpaired) electrons. The first-order valence-corrected chi connectivity index (χ1v) is 4.37. The molecule has 78 valence electrons. The van der Waals surface area contributed by atoms with E-state index < -0.39 is 0 Å². The van der Waals surface area contributed by atoms with Gasteiger partial charge in [0.05, 0.1) is 17.3 Å². The van der Waals surface area contributed by atoms with Gasteiger partial charge in [-0.1, -0.05) is 0 Å². The Labute approximate surface area is 85.2 Å². The molecule has 2 aromatic rings. The molecule has 0 saturated heterocycles. The molecule has 0 saturated carbocycles. The molecule has 2 aromatic heterocycles. The van der Waals surface area contributed by atoms with Gasteiger partial charge in [-0.25, -0.2) is 0 Å².